The van der Waals surface area contributed by atoms with E-state index in [9.17, 15) is 15.2 Å². The number of hydrogen-bond donors (Lipinski definition) is 1. The van der Waals surface area contributed by atoms with E-state index in [0.717, 1.165) is 0 Å². The number of benzene rings is 3. The van der Waals surface area contributed by atoms with Gasteiger partial charge in [-0.15, -0.1) is 0 Å². The van der Waals surface area contributed by atoms with Crippen LogP contribution in [-0.2, 0) is 0 Å². The van der Waals surface area contributed by atoms with Crippen molar-refractivity contribution in [1.82, 2.24) is 4.98 Å². The van der Waals surface area contributed by atoms with Crippen LogP contribution in [0.5, 0.6) is 5.75 Å². The van der Waals surface area contributed by atoms with Gasteiger partial charge in [0.2, 0.25) is 5.89 Å². The standard InChI is InChI=1S/C22H15N3O4/c26-20-12-11-16(14-17(20)22-24-18-8-2-4-10-21(18)29-22)23-13-5-7-15-6-1-3-9-19(15)25(27)28/h1-14,26H/b7-5+,23-13?. The zero-order chi connectivity index (χ0) is 20.2. The first-order valence-corrected chi connectivity index (χ1v) is 8.75. The minimum atomic E-state index is -0.427. The normalized spacial score (nSPS) is 11.6. The van der Waals surface area contributed by atoms with Crippen molar-refractivity contribution in [3.8, 4) is 17.2 Å². The van der Waals surface area contributed by atoms with Crippen LogP contribution in [-0.4, -0.2) is 21.2 Å². The minimum Gasteiger partial charge on any atom is -0.507 e. The number of hydrogen-bond acceptors (Lipinski definition) is 6. The molecular weight excluding hydrogens is 370 g/mol. The highest BCUT2D eigenvalue weighted by Gasteiger charge is 2.13. The SMILES string of the molecule is O=[N+]([O-])c1ccccc1/C=C/C=Nc1ccc(O)c(-c2nc3ccccc3o2)c1. The Labute approximate surface area is 165 Å². The van der Waals surface area contributed by atoms with Crippen molar-refractivity contribution in [3.05, 3.63) is 88.5 Å². The molecule has 1 N–H and O–H groups in total. The van der Waals surface area contributed by atoms with Gasteiger partial charge >= 0.3 is 0 Å². The molecule has 4 aromatic rings. The van der Waals surface area contributed by atoms with E-state index in [1.165, 1.54) is 18.3 Å². The number of allylic oxidation sites excluding steroid dienone is 1. The molecule has 0 unspecified atom stereocenters. The number of nitrogens with zero attached hydrogens (tertiary/aromatic N) is 3. The van der Waals surface area contributed by atoms with Crippen molar-refractivity contribution < 1.29 is 14.4 Å². The fourth-order valence-corrected chi connectivity index (χ4v) is 2.83. The molecule has 0 fully saturated rings. The molecule has 3 aromatic carbocycles. The molecular formula is C22H15N3O4. The molecule has 0 atom stereocenters. The van der Waals surface area contributed by atoms with Crippen molar-refractivity contribution in [2.45, 2.75) is 0 Å². The molecule has 0 radical (unpaired) electrons. The summed E-state index contributed by atoms with van der Waals surface area (Å²) in [5.74, 6) is 0.335. The number of nitro benzene ring substituents is 1. The molecule has 0 bridgehead atoms. The molecule has 29 heavy (non-hydrogen) atoms. The van der Waals surface area contributed by atoms with Crippen LogP contribution in [0, 0.1) is 10.1 Å². The molecule has 0 saturated carbocycles. The van der Waals surface area contributed by atoms with Gasteiger partial charge in [-0.1, -0.05) is 24.3 Å². The van der Waals surface area contributed by atoms with Gasteiger partial charge in [-0.25, -0.2) is 4.98 Å². The second-order valence-corrected chi connectivity index (χ2v) is 6.14. The van der Waals surface area contributed by atoms with E-state index in [4.69, 9.17) is 4.42 Å². The molecule has 0 amide bonds. The smallest absolute Gasteiger partial charge is 0.276 e. The zero-order valence-electron chi connectivity index (χ0n) is 15.1. The minimum absolute atomic E-state index is 0.0278. The summed E-state index contributed by atoms with van der Waals surface area (Å²) in [7, 11) is 0. The lowest BCUT2D eigenvalue weighted by Crippen LogP contribution is -1.90. The Bertz CT molecular complexity index is 1220. The lowest BCUT2D eigenvalue weighted by molar-refractivity contribution is -0.385. The fraction of sp³-hybridized carbons (Fsp3) is 0. The van der Waals surface area contributed by atoms with Crippen LogP contribution in [0.1, 0.15) is 5.56 Å². The summed E-state index contributed by atoms with van der Waals surface area (Å²) >= 11 is 0. The van der Waals surface area contributed by atoms with Gasteiger partial charge in [-0.2, -0.15) is 0 Å². The predicted molar refractivity (Wildman–Crippen MR) is 111 cm³/mol. The maximum Gasteiger partial charge on any atom is 0.276 e. The molecule has 1 heterocycles. The van der Waals surface area contributed by atoms with Gasteiger partial charge in [0.1, 0.15) is 11.3 Å². The van der Waals surface area contributed by atoms with Crippen molar-refractivity contribution in [3.63, 3.8) is 0 Å². The van der Waals surface area contributed by atoms with Crippen LogP contribution in [0.15, 0.2) is 82.2 Å². The molecule has 0 aliphatic carbocycles. The monoisotopic (exact) mass is 385 g/mol. The Balaban J connectivity index is 1.59. The Kier molecular flexibility index (Phi) is 4.86. The summed E-state index contributed by atoms with van der Waals surface area (Å²) in [5.41, 5.74) is 2.85. The lowest BCUT2D eigenvalue weighted by Gasteiger charge is -2.01. The van der Waals surface area contributed by atoms with Gasteiger partial charge in [-0.3, -0.25) is 15.1 Å². The van der Waals surface area contributed by atoms with Crippen molar-refractivity contribution in [1.29, 1.82) is 0 Å². The second-order valence-electron chi connectivity index (χ2n) is 6.14. The Morgan fingerprint density at radius 1 is 1.07 bits per heavy atom. The maximum atomic E-state index is 11.0. The van der Waals surface area contributed by atoms with E-state index in [0.29, 0.717) is 33.8 Å². The number of aromatic hydroxyl groups is 1. The highest BCUT2D eigenvalue weighted by molar-refractivity contribution is 5.83. The average Bonchev–Trinajstić information content (AvgIpc) is 3.16. The fourth-order valence-electron chi connectivity index (χ4n) is 2.83. The van der Waals surface area contributed by atoms with E-state index in [1.54, 1.807) is 48.6 Å². The average molecular weight is 385 g/mol. The highest BCUT2D eigenvalue weighted by atomic mass is 16.6. The molecule has 0 aliphatic rings. The van der Waals surface area contributed by atoms with Crippen LogP contribution in [0.3, 0.4) is 0 Å². The van der Waals surface area contributed by atoms with Gasteiger partial charge in [0.25, 0.3) is 5.69 Å². The summed E-state index contributed by atoms with van der Waals surface area (Å²) in [4.78, 5) is 19.3. The summed E-state index contributed by atoms with van der Waals surface area (Å²) in [5, 5.41) is 21.2. The number of rotatable bonds is 5. The highest BCUT2D eigenvalue weighted by Crippen LogP contribution is 2.33. The van der Waals surface area contributed by atoms with Gasteiger partial charge in [0.05, 0.1) is 21.7 Å². The largest absolute Gasteiger partial charge is 0.507 e. The molecule has 0 aliphatic heterocycles. The number of para-hydroxylation sites is 3. The van der Waals surface area contributed by atoms with Crippen molar-refractivity contribution in [2.24, 2.45) is 4.99 Å². The number of nitro groups is 1. The molecule has 0 spiro atoms. The number of phenolic OH excluding ortho intramolecular Hbond substituents is 1. The number of oxazole rings is 1. The molecule has 7 nitrogen and oxygen atoms in total. The maximum absolute atomic E-state index is 11.0. The third-order valence-corrected chi connectivity index (χ3v) is 4.22. The molecule has 0 saturated heterocycles. The van der Waals surface area contributed by atoms with E-state index in [-0.39, 0.29) is 11.4 Å². The van der Waals surface area contributed by atoms with E-state index < -0.39 is 4.92 Å². The molecule has 4 rings (SSSR count). The number of fused-ring (bicyclic) bond motifs is 1. The van der Waals surface area contributed by atoms with Gasteiger partial charge in [0, 0.05) is 12.3 Å². The number of aliphatic imine (C=N–C) groups is 1. The Hall–Kier alpha value is -4.26. The molecule has 142 valence electrons. The molecule has 1 aromatic heterocycles. The van der Waals surface area contributed by atoms with Crippen molar-refractivity contribution >= 4 is 34.8 Å². The Morgan fingerprint density at radius 2 is 1.86 bits per heavy atom. The summed E-state index contributed by atoms with van der Waals surface area (Å²) in [6.07, 6.45) is 4.76. The summed E-state index contributed by atoms with van der Waals surface area (Å²) in [6.45, 7) is 0. The van der Waals surface area contributed by atoms with E-state index >= 15 is 0 Å². The van der Waals surface area contributed by atoms with Gasteiger partial charge in [-0.05, 0) is 48.6 Å². The Morgan fingerprint density at radius 3 is 2.69 bits per heavy atom. The first-order chi connectivity index (χ1) is 14.1. The van der Waals surface area contributed by atoms with E-state index in [1.807, 2.05) is 18.2 Å². The van der Waals surface area contributed by atoms with Crippen LogP contribution in [0.25, 0.3) is 28.6 Å². The lowest BCUT2D eigenvalue weighted by atomic mass is 10.1. The zero-order valence-corrected chi connectivity index (χ0v) is 15.1. The topological polar surface area (TPSA) is 102 Å². The van der Waals surface area contributed by atoms with Gasteiger partial charge < -0.3 is 9.52 Å². The van der Waals surface area contributed by atoms with E-state index in [2.05, 4.69) is 9.98 Å². The van der Waals surface area contributed by atoms with Crippen LogP contribution in [0.4, 0.5) is 11.4 Å². The van der Waals surface area contributed by atoms with Crippen molar-refractivity contribution in [2.75, 3.05) is 0 Å². The van der Waals surface area contributed by atoms with Gasteiger partial charge in [0.15, 0.2) is 5.58 Å². The predicted octanol–water partition coefficient (Wildman–Crippen LogP) is 5.52. The first kappa shape index (κ1) is 18.1. The molecule has 7 heteroatoms. The number of phenols is 1. The van der Waals surface area contributed by atoms with Crippen LogP contribution in [0.2, 0.25) is 0 Å². The van der Waals surface area contributed by atoms with Crippen LogP contribution >= 0.6 is 0 Å². The third-order valence-electron chi connectivity index (χ3n) is 4.22. The first-order valence-electron chi connectivity index (χ1n) is 8.75. The second kappa shape index (κ2) is 7.77. The number of aromatic nitrogens is 1. The third kappa shape index (κ3) is 3.89. The summed E-state index contributed by atoms with van der Waals surface area (Å²) in [6, 6.07) is 18.6. The van der Waals surface area contributed by atoms with Crippen LogP contribution < -0.4 is 0 Å². The quantitative estimate of drug-likeness (QED) is 0.277. The summed E-state index contributed by atoms with van der Waals surface area (Å²) < 4.78 is 5.71.